The van der Waals surface area contributed by atoms with Crippen LogP contribution in [0.2, 0.25) is 0 Å². The summed E-state index contributed by atoms with van der Waals surface area (Å²) >= 11 is 0. The highest BCUT2D eigenvalue weighted by molar-refractivity contribution is 5.81. The van der Waals surface area contributed by atoms with Gasteiger partial charge in [0, 0.05) is 26.0 Å². The smallest absolute Gasteiger partial charge is 0.452 e. The van der Waals surface area contributed by atoms with Crippen LogP contribution in [0.25, 0.3) is 0 Å². The number of carbonyl (C=O) groups is 2. The Morgan fingerprint density at radius 3 is 0.679 bits per heavy atom. The second-order valence-electron chi connectivity index (χ2n) is 15.6. The third-order valence-electron chi connectivity index (χ3n) is 10.7. The second-order valence-corrected chi connectivity index (χ2v) is 15.6. The summed E-state index contributed by atoms with van der Waals surface area (Å²) in [6.45, 7) is -8.90. The summed E-state index contributed by atoms with van der Waals surface area (Å²) in [5.74, 6) is -81.0. The highest BCUT2D eigenvalue weighted by Crippen LogP contribution is 2.87. The maximum absolute atomic E-state index is 18.2. The molecule has 0 N–H and O–H groups in total. The van der Waals surface area contributed by atoms with Gasteiger partial charge >= 0.3 is 131 Å². The first-order valence-electron chi connectivity index (χ1n) is 18.1. The van der Waals surface area contributed by atoms with Gasteiger partial charge in [-0.05, 0) is 0 Å². The van der Waals surface area contributed by atoms with Crippen molar-refractivity contribution in [1.29, 1.82) is 0 Å². The molecule has 0 bridgehead atoms. The van der Waals surface area contributed by atoms with E-state index in [1.165, 1.54) is 18.9 Å². The Morgan fingerprint density at radius 1 is 0.346 bits per heavy atom. The fraction of sp³-hybridized carbons (Fsp3) is 0.812. The molecule has 0 aliphatic heterocycles. The van der Waals surface area contributed by atoms with E-state index in [9.17, 15) is 71.1 Å². The van der Waals surface area contributed by atoms with Gasteiger partial charge in [-0.15, -0.1) is 0 Å². The van der Waals surface area contributed by atoms with Crippen LogP contribution in [-0.2, 0) is 38.0 Å². The highest BCUT2D eigenvalue weighted by atomic mass is 19.4. The van der Waals surface area contributed by atoms with E-state index in [4.69, 9.17) is 0 Å². The van der Waals surface area contributed by atoms with Crippen molar-refractivity contribution in [3.05, 3.63) is 25.3 Å². The molecule has 0 saturated heterocycles. The van der Waals surface area contributed by atoms with Crippen molar-refractivity contribution < 1.29 is 205 Å². The number of carbonyl (C=O) groups excluding carboxylic acids is 2. The zero-order valence-corrected chi connectivity index (χ0v) is 35.6. The van der Waals surface area contributed by atoms with Crippen LogP contribution in [0.4, 0.5) is 167 Å². The lowest BCUT2D eigenvalue weighted by molar-refractivity contribution is -0.608. The number of alkyl halides is 38. The normalized spacial score (nSPS) is 33.0. The Hall–Kier alpha value is -4.40. The number of esters is 2. The summed E-state index contributed by atoms with van der Waals surface area (Å²) < 4.78 is 599. The zero-order chi connectivity index (χ0) is 63.2. The molecule has 10 atom stereocenters. The van der Waals surface area contributed by atoms with E-state index < -0.39 is 181 Å². The number of hydrogen-bond acceptors (Lipinski definition) is 8. The van der Waals surface area contributed by atoms with Gasteiger partial charge in [0.1, 0.15) is 0 Å². The molecule has 0 aromatic carbocycles. The minimum atomic E-state index is -12.0. The molecule has 0 aromatic heterocycles. The molecule has 0 aromatic rings. The van der Waals surface area contributed by atoms with Crippen molar-refractivity contribution >= 4 is 11.9 Å². The number of hydrogen-bond donors (Lipinski definition) is 0. The molecular weight excluding hydrogens is 1230 g/mol. The summed E-state index contributed by atoms with van der Waals surface area (Å²) in [4.78, 5) is 22.5. The summed E-state index contributed by atoms with van der Waals surface area (Å²) in [6.07, 6.45) is -75.7. The van der Waals surface area contributed by atoms with Gasteiger partial charge in [-0.1, -0.05) is 13.2 Å². The molecule has 2 saturated carbocycles. The standard InChI is InChI=1S/C32H16F38O8/c1-5-9(71)73-7-13(35,27(57,58)59)77-31(67,68)19(41)15(37)16(38,20(42,24(49,50)23(19,47)48)32(69,70)78-14(36,28(60,61)62)8-74-10(72)6-2)18(40,30(65,66)76-12(4,34)26(54,55)56)22(45,46)21(43,44)17(15,39)29(63,64)75-11(3,33)25(51,52)53/h5-6H,1-2,7-8H2,3-4H3. The third kappa shape index (κ3) is 8.36. The lowest BCUT2D eigenvalue weighted by Gasteiger charge is -2.71. The quantitative estimate of drug-likeness (QED) is 0.0762. The lowest BCUT2D eigenvalue weighted by atomic mass is 9.41. The average molecular weight is 1250 g/mol. The maximum Gasteiger partial charge on any atom is 0.452 e. The van der Waals surface area contributed by atoms with Gasteiger partial charge in [-0.3, -0.25) is 18.9 Å². The molecule has 0 amide bonds. The van der Waals surface area contributed by atoms with Crippen molar-refractivity contribution in [3.63, 3.8) is 0 Å². The minimum Gasteiger partial charge on any atom is -0.456 e. The van der Waals surface area contributed by atoms with E-state index >= 15 is 105 Å². The average Bonchev–Trinajstić information content (AvgIpc) is 3.21. The molecule has 2 fully saturated rings. The molecule has 2 aliphatic rings. The second kappa shape index (κ2) is 18.0. The largest absolute Gasteiger partial charge is 0.456 e. The fourth-order valence-corrected chi connectivity index (χ4v) is 6.76. The van der Waals surface area contributed by atoms with E-state index in [1.54, 1.807) is 0 Å². The van der Waals surface area contributed by atoms with Crippen LogP contribution >= 0.6 is 0 Å². The van der Waals surface area contributed by atoms with Crippen molar-refractivity contribution in [2.45, 2.75) is 144 Å². The van der Waals surface area contributed by atoms with Gasteiger partial charge in [-0.25, -0.2) is 44.7 Å². The van der Waals surface area contributed by atoms with Crippen molar-refractivity contribution in [1.82, 2.24) is 0 Å². The van der Waals surface area contributed by atoms with E-state index in [1.807, 2.05) is 0 Å². The Balaban J connectivity index is 4.10. The molecule has 0 heterocycles. The van der Waals surface area contributed by atoms with E-state index in [2.05, 4.69) is 22.6 Å². The Morgan fingerprint density at radius 2 is 0.526 bits per heavy atom. The Bertz CT molecular complexity index is 2170. The van der Waals surface area contributed by atoms with Crippen LogP contribution < -0.4 is 0 Å². The SMILES string of the molecule is C=CC(=O)OCC(F)(OC(F)(F)C1(F)C(F)(F)C(F)(F)C(F)(C(F)(F)OC(F)(COC(=O)C=C)C(F)(F)F)C2(F)C(F)(C(F)(F)OC(C)(F)C(F)(F)F)C(F)(F)C(F)(F)C(F)(C(F)(F)OC(C)(F)C(F)(F)F)C12F)C(F)(F)F. The number of halogens is 38. The summed E-state index contributed by atoms with van der Waals surface area (Å²) in [5.41, 5.74) is -69.4. The van der Waals surface area contributed by atoms with Gasteiger partial charge in [0.05, 0.1) is 0 Å². The maximum atomic E-state index is 18.2. The minimum absolute atomic E-state index is 0.708. The predicted molar refractivity (Wildman–Crippen MR) is 160 cm³/mol. The van der Waals surface area contributed by atoms with Crippen LogP contribution in [-0.4, -0.2) is 155 Å². The van der Waals surface area contributed by atoms with E-state index in [0.29, 0.717) is 0 Å². The van der Waals surface area contributed by atoms with Crippen molar-refractivity contribution in [2.75, 3.05) is 13.2 Å². The van der Waals surface area contributed by atoms with E-state index in [-0.39, 0.29) is 0 Å². The Kier molecular flexibility index (Phi) is 16.1. The molecule has 2 rings (SSSR count). The van der Waals surface area contributed by atoms with E-state index in [0.717, 1.165) is 0 Å². The molecule has 0 radical (unpaired) electrons. The van der Waals surface area contributed by atoms with Gasteiger partial charge in [-0.2, -0.15) is 132 Å². The first-order chi connectivity index (χ1) is 33.5. The first-order valence-corrected chi connectivity index (χ1v) is 18.1. The Labute approximate surface area is 400 Å². The topological polar surface area (TPSA) is 89.5 Å². The third-order valence-corrected chi connectivity index (χ3v) is 10.7. The summed E-state index contributed by atoms with van der Waals surface area (Å²) in [6, 6.07) is 0. The lowest BCUT2D eigenvalue weighted by Crippen LogP contribution is -3.07. The van der Waals surface area contributed by atoms with Gasteiger partial charge in [0.25, 0.3) is 0 Å². The summed E-state index contributed by atoms with van der Waals surface area (Å²) in [5, 5.41) is 0. The summed E-state index contributed by atoms with van der Waals surface area (Å²) in [7, 11) is 0. The van der Waals surface area contributed by atoms with Gasteiger partial charge < -0.3 is 9.47 Å². The first kappa shape index (κ1) is 69.7. The monoisotopic (exact) mass is 1250 g/mol. The van der Waals surface area contributed by atoms with Crippen LogP contribution in [0.1, 0.15) is 13.8 Å². The molecule has 46 heteroatoms. The molecule has 2 aliphatic carbocycles. The van der Waals surface area contributed by atoms with Crippen molar-refractivity contribution in [2.24, 2.45) is 0 Å². The number of fused-ring (bicyclic) bond motifs is 1. The van der Waals surface area contributed by atoms with Crippen LogP contribution in [0.3, 0.4) is 0 Å². The molecule has 458 valence electrons. The fourth-order valence-electron chi connectivity index (χ4n) is 6.76. The van der Waals surface area contributed by atoms with Gasteiger partial charge in [0.15, 0.2) is 13.2 Å². The molecule has 78 heavy (non-hydrogen) atoms. The van der Waals surface area contributed by atoms with Crippen LogP contribution in [0, 0.1) is 0 Å². The molecular formula is C32H16F38O8. The van der Waals surface area contributed by atoms with Crippen LogP contribution in [0.15, 0.2) is 25.3 Å². The molecule has 8 nitrogen and oxygen atoms in total. The number of ether oxygens (including phenoxy) is 6. The zero-order valence-electron chi connectivity index (χ0n) is 35.6. The van der Waals surface area contributed by atoms with Gasteiger partial charge in [0.2, 0.25) is 11.3 Å². The van der Waals surface area contributed by atoms with Crippen molar-refractivity contribution in [3.8, 4) is 0 Å². The number of rotatable bonds is 18. The van der Waals surface area contributed by atoms with Crippen LogP contribution in [0.5, 0.6) is 0 Å². The predicted octanol–water partition coefficient (Wildman–Crippen LogP) is 12.7. The molecule has 0 spiro atoms. The molecule has 10 unspecified atom stereocenters. The highest BCUT2D eigenvalue weighted by Gasteiger charge is 3.21.